The molecule has 5 nitrogen and oxygen atoms in total. The maximum Gasteiger partial charge on any atom is 0.157 e. The number of hydrogen-bond donors (Lipinski definition) is 2. The number of anilines is 2. The van der Waals surface area contributed by atoms with Gasteiger partial charge in [0.15, 0.2) is 11.0 Å². The molecule has 0 radical (unpaired) electrons. The fourth-order valence-electron chi connectivity index (χ4n) is 1.81. The monoisotopic (exact) mass is 275 g/mol. The van der Waals surface area contributed by atoms with E-state index in [1.165, 1.54) is 0 Å². The van der Waals surface area contributed by atoms with E-state index in [9.17, 15) is 0 Å². The van der Waals surface area contributed by atoms with E-state index in [2.05, 4.69) is 20.3 Å². The minimum atomic E-state index is 0.325. The summed E-state index contributed by atoms with van der Waals surface area (Å²) < 4.78 is 0. The van der Waals surface area contributed by atoms with Crippen LogP contribution in [0.3, 0.4) is 0 Å². The van der Waals surface area contributed by atoms with Crippen LogP contribution >= 0.6 is 11.6 Å². The van der Waals surface area contributed by atoms with E-state index >= 15 is 0 Å². The number of rotatable bonds is 4. The normalized spacial score (nSPS) is 14.4. The summed E-state index contributed by atoms with van der Waals surface area (Å²) in [7, 11) is 0. The molecule has 2 heterocycles. The van der Waals surface area contributed by atoms with Crippen LogP contribution in [0.1, 0.15) is 30.1 Å². The first-order valence-corrected chi connectivity index (χ1v) is 6.57. The van der Waals surface area contributed by atoms with Crippen LogP contribution < -0.4 is 11.1 Å². The molecule has 0 bridgehead atoms. The molecule has 0 aromatic carbocycles. The molecule has 0 spiro atoms. The van der Waals surface area contributed by atoms with Crippen LogP contribution in [0.25, 0.3) is 0 Å². The zero-order valence-electron chi connectivity index (χ0n) is 10.3. The predicted octanol–water partition coefficient (Wildman–Crippen LogP) is 2.60. The van der Waals surface area contributed by atoms with Crippen molar-refractivity contribution in [3.63, 3.8) is 0 Å². The van der Waals surface area contributed by atoms with Gasteiger partial charge in [-0.05, 0) is 24.5 Å². The first kappa shape index (κ1) is 12.2. The molecular weight excluding hydrogens is 262 g/mol. The molecule has 1 saturated carbocycles. The number of nitrogens with one attached hydrogen (secondary N) is 1. The van der Waals surface area contributed by atoms with Crippen molar-refractivity contribution in [3.05, 3.63) is 41.1 Å². The maximum atomic E-state index is 6.04. The number of nitrogens with two attached hydrogens (primary N) is 1. The topological polar surface area (TPSA) is 76.7 Å². The van der Waals surface area contributed by atoms with Gasteiger partial charge in [-0.25, -0.2) is 9.97 Å². The summed E-state index contributed by atoms with van der Waals surface area (Å²) >= 11 is 6.04. The molecule has 6 heteroatoms. The zero-order valence-corrected chi connectivity index (χ0v) is 11.1. The molecule has 0 unspecified atom stereocenters. The van der Waals surface area contributed by atoms with Crippen LogP contribution in [0.2, 0.25) is 5.15 Å². The molecule has 1 fully saturated rings. The first-order valence-electron chi connectivity index (χ1n) is 6.19. The van der Waals surface area contributed by atoms with E-state index in [-0.39, 0.29) is 0 Å². The van der Waals surface area contributed by atoms with Gasteiger partial charge in [-0.2, -0.15) is 0 Å². The molecule has 2 aromatic rings. The second-order valence-electron chi connectivity index (χ2n) is 4.62. The van der Waals surface area contributed by atoms with E-state index < -0.39 is 0 Å². The maximum absolute atomic E-state index is 6.04. The van der Waals surface area contributed by atoms with Gasteiger partial charge in [0.25, 0.3) is 0 Å². The largest absolute Gasteiger partial charge is 0.393 e. The Morgan fingerprint density at radius 2 is 2.21 bits per heavy atom. The standard InChI is InChI=1S/C13H14ClN5/c14-11-10(15)13(19-12(18-11)9-3-4-9)17-7-8-2-1-5-16-6-8/h1-2,5-6,9H,3-4,7,15H2,(H,17,18,19). The Hall–Kier alpha value is -1.88. The molecule has 19 heavy (non-hydrogen) atoms. The first-order chi connectivity index (χ1) is 9.24. The number of hydrogen-bond acceptors (Lipinski definition) is 5. The van der Waals surface area contributed by atoms with Crippen molar-refractivity contribution in [1.29, 1.82) is 0 Å². The third kappa shape index (κ3) is 2.76. The molecule has 3 rings (SSSR count). The van der Waals surface area contributed by atoms with Crippen molar-refractivity contribution in [2.45, 2.75) is 25.3 Å². The average Bonchev–Trinajstić information content (AvgIpc) is 3.26. The molecule has 1 aliphatic carbocycles. The van der Waals surface area contributed by atoms with Crippen molar-refractivity contribution in [2.24, 2.45) is 0 Å². The van der Waals surface area contributed by atoms with Crippen molar-refractivity contribution >= 4 is 23.1 Å². The van der Waals surface area contributed by atoms with E-state index in [0.29, 0.717) is 29.1 Å². The van der Waals surface area contributed by atoms with Crippen molar-refractivity contribution < 1.29 is 0 Å². The lowest BCUT2D eigenvalue weighted by molar-refractivity contribution is 0.923. The van der Waals surface area contributed by atoms with Gasteiger partial charge < -0.3 is 11.1 Å². The number of halogens is 1. The highest BCUT2D eigenvalue weighted by molar-refractivity contribution is 6.32. The Kier molecular flexibility index (Phi) is 3.21. The van der Waals surface area contributed by atoms with Gasteiger partial charge in [0.2, 0.25) is 0 Å². The van der Waals surface area contributed by atoms with Crippen LogP contribution in [0.5, 0.6) is 0 Å². The van der Waals surface area contributed by atoms with E-state index in [4.69, 9.17) is 17.3 Å². The summed E-state index contributed by atoms with van der Waals surface area (Å²) in [6, 6.07) is 3.88. The Balaban J connectivity index is 1.79. The molecular formula is C13H14ClN5. The van der Waals surface area contributed by atoms with Crippen LogP contribution in [-0.4, -0.2) is 15.0 Å². The van der Waals surface area contributed by atoms with Crippen LogP contribution in [0.4, 0.5) is 11.5 Å². The van der Waals surface area contributed by atoms with Gasteiger partial charge in [-0.1, -0.05) is 17.7 Å². The predicted molar refractivity (Wildman–Crippen MR) is 75.0 cm³/mol. The minimum Gasteiger partial charge on any atom is -0.393 e. The Morgan fingerprint density at radius 3 is 2.89 bits per heavy atom. The summed E-state index contributed by atoms with van der Waals surface area (Å²) in [4.78, 5) is 12.7. The molecule has 2 aromatic heterocycles. The van der Waals surface area contributed by atoms with Crippen molar-refractivity contribution in [1.82, 2.24) is 15.0 Å². The smallest absolute Gasteiger partial charge is 0.157 e. The lowest BCUT2D eigenvalue weighted by Gasteiger charge is -2.10. The minimum absolute atomic E-state index is 0.325. The highest BCUT2D eigenvalue weighted by Gasteiger charge is 2.28. The molecule has 0 atom stereocenters. The molecule has 1 aliphatic rings. The summed E-state index contributed by atoms with van der Waals surface area (Å²) in [5.74, 6) is 1.83. The number of pyridine rings is 1. The lowest BCUT2D eigenvalue weighted by Crippen LogP contribution is -2.08. The zero-order chi connectivity index (χ0) is 13.2. The number of aromatic nitrogens is 3. The van der Waals surface area contributed by atoms with Crippen molar-refractivity contribution in [3.8, 4) is 0 Å². The molecule has 98 valence electrons. The van der Waals surface area contributed by atoms with Crippen LogP contribution in [0, 0.1) is 0 Å². The van der Waals surface area contributed by atoms with Crippen molar-refractivity contribution in [2.75, 3.05) is 11.1 Å². The lowest BCUT2D eigenvalue weighted by atomic mass is 10.3. The van der Waals surface area contributed by atoms with Gasteiger partial charge in [0, 0.05) is 24.9 Å². The number of nitrogen functional groups attached to an aromatic ring is 1. The van der Waals surface area contributed by atoms with Crippen LogP contribution in [0.15, 0.2) is 24.5 Å². The second kappa shape index (κ2) is 5.01. The van der Waals surface area contributed by atoms with Gasteiger partial charge in [-0.15, -0.1) is 0 Å². The van der Waals surface area contributed by atoms with E-state index in [1.807, 2.05) is 12.1 Å². The Morgan fingerprint density at radius 1 is 1.37 bits per heavy atom. The third-order valence-electron chi connectivity index (χ3n) is 3.04. The summed E-state index contributed by atoms with van der Waals surface area (Å²) in [6.07, 6.45) is 5.79. The highest BCUT2D eigenvalue weighted by Crippen LogP contribution is 2.40. The fourth-order valence-corrected chi connectivity index (χ4v) is 1.98. The van der Waals surface area contributed by atoms with Gasteiger partial charge in [0.1, 0.15) is 11.5 Å². The summed E-state index contributed by atoms with van der Waals surface area (Å²) in [5.41, 5.74) is 7.36. The molecule has 0 saturated heterocycles. The summed E-state index contributed by atoms with van der Waals surface area (Å²) in [6.45, 7) is 0.607. The molecule has 3 N–H and O–H groups in total. The Labute approximate surface area is 116 Å². The van der Waals surface area contributed by atoms with E-state index in [1.54, 1.807) is 12.4 Å². The summed E-state index contributed by atoms with van der Waals surface area (Å²) in [5, 5.41) is 3.52. The average molecular weight is 276 g/mol. The van der Waals surface area contributed by atoms with Gasteiger partial charge in [-0.3, -0.25) is 4.98 Å². The van der Waals surface area contributed by atoms with Crippen LogP contribution in [-0.2, 0) is 6.54 Å². The highest BCUT2D eigenvalue weighted by atomic mass is 35.5. The quantitative estimate of drug-likeness (QED) is 0.839. The Bertz CT molecular complexity index is 583. The molecule has 0 aliphatic heterocycles. The third-order valence-corrected chi connectivity index (χ3v) is 3.33. The van der Waals surface area contributed by atoms with E-state index in [0.717, 1.165) is 24.2 Å². The SMILES string of the molecule is Nc1c(Cl)nc(C2CC2)nc1NCc1cccnc1. The van der Waals surface area contributed by atoms with Gasteiger partial charge in [0.05, 0.1) is 0 Å². The second-order valence-corrected chi connectivity index (χ2v) is 4.98. The van der Waals surface area contributed by atoms with Gasteiger partial charge >= 0.3 is 0 Å². The molecule has 0 amide bonds. The fraction of sp³-hybridized carbons (Fsp3) is 0.308. The number of nitrogens with zero attached hydrogens (tertiary/aromatic N) is 3.